The highest BCUT2D eigenvalue weighted by Gasteiger charge is 2.15. The molecule has 2 rings (SSSR count). The molecule has 0 bridgehead atoms. The van der Waals surface area contributed by atoms with Gasteiger partial charge in [0.2, 0.25) is 5.88 Å². The molecule has 1 aliphatic rings. The van der Waals surface area contributed by atoms with E-state index >= 15 is 0 Å². The van der Waals surface area contributed by atoms with Crippen LogP contribution in [0.15, 0.2) is 12.1 Å². The lowest BCUT2D eigenvalue weighted by atomic mass is 10.1. The Hall–Kier alpha value is -1.09. The van der Waals surface area contributed by atoms with Crippen molar-refractivity contribution in [2.45, 2.75) is 59.0 Å². The van der Waals surface area contributed by atoms with Gasteiger partial charge in [-0.1, -0.05) is 26.7 Å². The highest BCUT2D eigenvalue weighted by atomic mass is 16.5. The zero-order valence-corrected chi connectivity index (χ0v) is 12.4. The summed E-state index contributed by atoms with van der Waals surface area (Å²) in [4.78, 5) is 4.47. The third-order valence-corrected chi connectivity index (χ3v) is 3.65. The fourth-order valence-electron chi connectivity index (χ4n) is 2.59. The molecule has 0 aliphatic heterocycles. The van der Waals surface area contributed by atoms with Crippen LogP contribution in [0.25, 0.3) is 0 Å². The third kappa shape index (κ3) is 4.83. The van der Waals surface area contributed by atoms with Crippen LogP contribution in [0.1, 0.15) is 50.8 Å². The van der Waals surface area contributed by atoms with Crippen LogP contribution in [0.5, 0.6) is 5.88 Å². The van der Waals surface area contributed by atoms with Crippen molar-refractivity contribution in [2.75, 3.05) is 6.61 Å². The zero-order chi connectivity index (χ0) is 13.7. The van der Waals surface area contributed by atoms with Crippen LogP contribution >= 0.6 is 0 Å². The smallest absolute Gasteiger partial charge is 0.213 e. The predicted molar refractivity (Wildman–Crippen MR) is 78.4 cm³/mol. The van der Waals surface area contributed by atoms with E-state index in [1.54, 1.807) is 0 Å². The summed E-state index contributed by atoms with van der Waals surface area (Å²) in [5.41, 5.74) is 2.28. The number of aryl methyl sites for hydroxylation is 1. The van der Waals surface area contributed by atoms with E-state index in [0.29, 0.717) is 6.04 Å². The van der Waals surface area contributed by atoms with Gasteiger partial charge in [0.1, 0.15) is 0 Å². The number of pyridine rings is 1. The van der Waals surface area contributed by atoms with E-state index in [2.05, 4.69) is 36.3 Å². The molecule has 0 amide bonds. The maximum Gasteiger partial charge on any atom is 0.213 e. The minimum atomic E-state index is 0.497. The summed E-state index contributed by atoms with van der Waals surface area (Å²) in [5.74, 6) is 1.52. The summed E-state index contributed by atoms with van der Waals surface area (Å²) in [6.07, 6.45) is 5.35. The van der Waals surface area contributed by atoms with Crippen LogP contribution in [-0.2, 0) is 6.54 Å². The predicted octanol–water partition coefficient (Wildman–Crippen LogP) is 3.46. The molecule has 0 aromatic carbocycles. The summed E-state index contributed by atoms with van der Waals surface area (Å²) in [5, 5.41) is 3.43. The molecule has 0 unspecified atom stereocenters. The second-order valence-corrected chi connectivity index (χ2v) is 5.95. The Balaban J connectivity index is 1.91. The Morgan fingerprint density at radius 2 is 2.05 bits per heavy atom. The van der Waals surface area contributed by atoms with Crippen LogP contribution < -0.4 is 10.1 Å². The lowest BCUT2D eigenvalue weighted by molar-refractivity contribution is 0.243. The number of hydrogen-bond donors (Lipinski definition) is 1. The fraction of sp³-hybridized carbons (Fsp3) is 0.688. The molecule has 106 valence electrons. The fourth-order valence-corrected chi connectivity index (χ4v) is 2.59. The van der Waals surface area contributed by atoms with E-state index in [1.807, 2.05) is 6.92 Å². The minimum absolute atomic E-state index is 0.497. The van der Waals surface area contributed by atoms with Gasteiger partial charge in [0.15, 0.2) is 0 Å². The van der Waals surface area contributed by atoms with Crippen molar-refractivity contribution in [1.29, 1.82) is 0 Å². The molecule has 19 heavy (non-hydrogen) atoms. The molecule has 1 aromatic rings. The summed E-state index contributed by atoms with van der Waals surface area (Å²) in [6.45, 7) is 8.05. The zero-order valence-electron chi connectivity index (χ0n) is 12.4. The normalized spacial score (nSPS) is 16.2. The maximum atomic E-state index is 5.88. The van der Waals surface area contributed by atoms with E-state index in [9.17, 15) is 0 Å². The first-order valence-corrected chi connectivity index (χ1v) is 7.47. The van der Waals surface area contributed by atoms with E-state index in [0.717, 1.165) is 30.6 Å². The van der Waals surface area contributed by atoms with E-state index < -0.39 is 0 Å². The van der Waals surface area contributed by atoms with Gasteiger partial charge in [-0.05, 0) is 37.3 Å². The Morgan fingerprint density at radius 3 is 2.74 bits per heavy atom. The van der Waals surface area contributed by atoms with Crippen molar-refractivity contribution in [3.8, 4) is 5.88 Å². The van der Waals surface area contributed by atoms with Crippen LogP contribution in [-0.4, -0.2) is 17.6 Å². The van der Waals surface area contributed by atoms with Crippen molar-refractivity contribution < 1.29 is 4.74 Å². The Morgan fingerprint density at radius 1 is 1.32 bits per heavy atom. The topological polar surface area (TPSA) is 34.1 Å². The molecule has 1 N–H and O–H groups in total. The number of rotatable bonds is 6. The van der Waals surface area contributed by atoms with Gasteiger partial charge in [-0.25, -0.2) is 4.98 Å². The summed E-state index contributed by atoms with van der Waals surface area (Å²) < 4.78 is 5.88. The number of ether oxygens (including phenoxy) is 1. The van der Waals surface area contributed by atoms with Crippen LogP contribution in [0.4, 0.5) is 0 Å². The van der Waals surface area contributed by atoms with Gasteiger partial charge in [0.25, 0.3) is 0 Å². The third-order valence-electron chi connectivity index (χ3n) is 3.65. The van der Waals surface area contributed by atoms with Crippen LogP contribution in [0.3, 0.4) is 0 Å². The molecule has 1 aromatic heterocycles. The second kappa shape index (κ2) is 6.90. The first-order valence-electron chi connectivity index (χ1n) is 7.47. The molecule has 0 spiro atoms. The lowest BCUT2D eigenvalue weighted by Crippen LogP contribution is -2.22. The molecule has 0 saturated heterocycles. The number of aromatic nitrogens is 1. The van der Waals surface area contributed by atoms with Gasteiger partial charge in [-0.15, -0.1) is 0 Å². The lowest BCUT2D eigenvalue weighted by Gasteiger charge is -2.13. The second-order valence-electron chi connectivity index (χ2n) is 5.95. The SMILES string of the molecule is Cc1cc(CNC(C)C)cc(OCC2CCCC2)n1. The molecular weight excluding hydrogens is 236 g/mol. The van der Waals surface area contributed by atoms with Crippen molar-refractivity contribution >= 4 is 0 Å². The van der Waals surface area contributed by atoms with Crippen molar-refractivity contribution in [1.82, 2.24) is 10.3 Å². The average molecular weight is 262 g/mol. The van der Waals surface area contributed by atoms with Gasteiger partial charge in [-0.3, -0.25) is 0 Å². The molecular formula is C16H26N2O. The number of nitrogens with one attached hydrogen (secondary N) is 1. The van der Waals surface area contributed by atoms with E-state index in [-0.39, 0.29) is 0 Å². The van der Waals surface area contributed by atoms with Crippen molar-refractivity contribution in [3.63, 3.8) is 0 Å². The monoisotopic (exact) mass is 262 g/mol. The summed E-state index contributed by atoms with van der Waals surface area (Å²) >= 11 is 0. The number of hydrogen-bond acceptors (Lipinski definition) is 3. The molecule has 0 atom stereocenters. The van der Waals surface area contributed by atoms with Gasteiger partial charge in [0.05, 0.1) is 6.61 Å². The minimum Gasteiger partial charge on any atom is -0.477 e. The molecule has 3 heteroatoms. The molecule has 0 radical (unpaired) electrons. The Kier molecular flexibility index (Phi) is 5.20. The summed E-state index contributed by atoms with van der Waals surface area (Å²) in [7, 11) is 0. The van der Waals surface area contributed by atoms with Crippen molar-refractivity contribution in [3.05, 3.63) is 23.4 Å². The Bertz CT molecular complexity index is 398. The highest BCUT2D eigenvalue weighted by molar-refractivity contribution is 5.24. The van der Waals surface area contributed by atoms with Gasteiger partial charge in [-0.2, -0.15) is 0 Å². The largest absolute Gasteiger partial charge is 0.477 e. The van der Waals surface area contributed by atoms with Gasteiger partial charge >= 0.3 is 0 Å². The summed E-state index contributed by atoms with van der Waals surface area (Å²) in [6, 6.07) is 4.69. The first-order chi connectivity index (χ1) is 9.13. The quantitative estimate of drug-likeness (QED) is 0.852. The molecule has 1 fully saturated rings. The van der Waals surface area contributed by atoms with E-state index in [1.165, 1.54) is 31.2 Å². The maximum absolute atomic E-state index is 5.88. The van der Waals surface area contributed by atoms with Crippen LogP contribution in [0.2, 0.25) is 0 Å². The molecule has 1 saturated carbocycles. The molecule has 1 heterocycles. The van der Waals surface area contributed by atoms with Gasteiger partial charge < -0.3 is 10.1 Å². The van der Waals surface area contributed by atoms with E-state index in [4.69, 9.17) is 4.74 Å². The standard InChI is InChI=1S/C16H26N2O/c1-12(2)17-10-15-8-13(3)18-16(9-15)19-11-14-6-4-5-7-14/h8-9,12,14,17H,4-7,10-11H2,1-3H3. The highest BCUT2D eigenvalue weighted by Crippen LogP contribution is 2.25. The average Bonchev–Trinajstić information content (AvgIpc) is 2.86. The Labute approximate surface area is 116 Å². The van der Waals surface area contributed by atoms with Crippen molar-refractivity contribution in [2.24, 2.45) is 5.92 Å². The number of nitrogens with zero attached hydrogens (tertiary/aromatic N) is 1. The van der Waals surface area contributed by atoms with Crippen LogP contribution in [0, 0.1) is 12.8 Å². The molecule has 1 aliphatic carbocycles. The molecule has 3 nitrogen and oxygen atoms in total. The van der Waals surface area contributed by atoms with Gasteiger partial charge in [0, 0.05) is 24.3 Å². The first kappa shape index (κ1) is 14.3.